The normalized spacial score (nSPS) is 12.6. The Hall–Kier alpha value is -2.04. The van der Waals surface area contributed by atoms with Crippen molar-refractivity contribution in [1.29, 1.82) is 0 Å². The van der Waals surface area contributed by atoms with Crippen LogP contribution in [0.2, 0.25) is 0 Å². The van der Waals surface area contributed by atoms with Crippen LogP contribution in [0.15, 0.2) is 30.3 Å². The molecule has 25 heavy (non-hydrogen) atoms. The molecule has 140 valence electrons. The van der Waals surface area contributed by atoms with Gasteiger partial charge in [0.05, 0.1) is 6.04 Å². The van der Waals surface area contributed by atoms with Crippen molar-refractivity contribution in [2.75, 3.05) is 13.1 Å². The molecule has 0 spiro atoms. The number of carbonyl (C=O) groups is 2. The van der Waals surface area contributed by atoms with Crippen molar-refractivity contribution in [2.24, 2.45) is 5.92 Å². The molecule has 0 aliphatic carbocycles. The van der Waals surface area contributed by atoms with Gasteiger partial charge in [-0.05, 0) is 39.2 Å². The fourth-order valence-corrected chi connectivity index (χ4v) is 2.49. The minimum absolute atomic E-state index is 0.0457. The average Bonchev–Trinajstić information content (AvgIpc) is 2.50. The number of hydrogen-bond acceptors (Lipinski definition) is 2. The largest absolute Gasteiger partial charge is 0.350 e. The summed E-state index contributed by atoms with van der Waals surface area (Å²) in [5.74, 6) is 0.297. The zero-order chi connectivity index (χ0) is 19.0. The second kappa shape index (κ2) is 9.44. The molecule has 5 heteroatoms. The van der Waals surface area contributed by atoms with Gasteiger partial charge in [-0.25, -0.2) is 4.79 Å². The molecule has 0 aliphatic heterocycles. The summed E-state index contributed by atoms with van der Waals surface area (Å²) in [6.07, 6.45) is 0.293. The van der Waals surface area contributed by atoms with E-state index in [0.717, 1.165) is 5.56 Å². The SMILES string of the molecule is CC(C)CN(CCC(=O)NC(C)c1ccccc1)C(=O)NC(C)(C)C. The molecule has 3 amide bonds. The molecular formula is C20H33N3O2. The van der Waals surface area contributed by atoms with E-state index in [4.69, 9.17) is 0 Å². The Bertz CT molecular complexity index is 550. The van der Waals surface area contributed by atoms with E-state index < -0.39 is 0 Å². The van der Waals surface area contributed by atoms with Gasteiger partial charge in [0, 0.05) is 25.0 Å². The second-order valence-electron chi connectivity index (χ2n) is 7.97. The summed E-state index contributed by atoms with van der Waals surface area (Å²) < 4.78 is 0. The first-order valence-electron chi connectivity index (χ1n) is 9.00. The van der Waals surface area contributed by atoms with Gasteiger partial charge in [-0.1, -0.05) is 44.2 Å². The van der Waals surface area contributed by atoms with Crippen LogP contribution in [-0.4, -0.2) is 35.5 Å². The van der Waals surface area contributed by atoms with Crippen LogP contribution in [0.1, 0.15) is 59.6 Å². The van der Waals surface area contributed by atoms with Crippen LogP contribution in [0.5, 0.6) is 0 Å². The van der Waals surface area contributed by atoms with Gasteiger partial charge < -0.3 is 15.5 Å². The summed E-state index contributed by atoms with van der Waals surface area (Å²) >= 11 is 0. The van der Waals surface area contributed by atoms with E-state index in [1.165, 1.54) is 0 Å². The standard InChI is InChI=1S/C20H33N3O2/c1-15(2)14-23(19(25)22-20(4,5)6)13-12-18(24)21-16(3)17-10-8-7-9-11-17/h7-11,15-16H,12-14H2,1-6H3,(H,21,24)(H,22,25). The summed E-state index contributed by atoms with van der Waals surface area (Å²) in [4.78, 5) is 26.4. The Balaban J connectivity index is 2.57. The first-order valence-corrected chi connectivity index (χ1v) is 9.00. The fraction of sp³-hybridized carbons (Fsp3) is 0.600. The third-order valence-corrected chi connectivity index (χ3v) is 3.64. The molecule has 1 aromatic carbocycles. The van der Waals surface area contributed by atoms with E-state index in [1.807, 2.05) is 58.0 Å². The van der Waals surface area contributed by atoms with Gasteiger partial charge in [0.15, 0.2) is 0 Å². The molecule has 2 N–H and O–H groups in total. The molecule has 5 nitrogen and oxygen atoms in total. The average molecular weight is 348 g/mol. The van der Waals surface area contributed by atoms with Crippen molar-refractivity contribution in [1.82, 2.24) is 15.5 Å². The molecule has 0 saturated heterocycles. The lowest BCUT2D eigenvalue weighted by Gasteiger charge is -2.29. The lowest BCUT2D eigenvalue weighted by atomic mass is 10.1. The predicted octanol–water partition coefficient (Wildman–Crippen LogP) is 3.72. The fourth-order valence-electron chi connectivity index (χ4n) is 2.49. The lowest BCUT2D eigenvalue weighted by molar-refractivity contribution is -0.121. The molecule has 1 rings (SSSR count). The maximum absolute atomic E-state index is 12.4. The molecule has 0 saturated carbocycles. The van der Waals surface area contributed by atoms with Crippen molar-refractivity contribution >= 4 is 11.9 Å². The summed E-state index contributed by atoms with van der Waals surface area (Å²) in [5, 5.41) is 5.96. The number of nitrogens with zero attached hydrogens (tertiary/aromatic N) is 1. The number of benzene rings is 1. The van der Waals surface area contributed by atoms with Crippen molar-refractivity contribution in [2.45, 2.75) is 59.5 Å². The summed E-state index contributed by atoms with van der Waals surface area (Å²) in [7, 11) is 0. The van der Waals surface area contributed by atoms with E-state index in [0.29, 0.717) is 25.4 Å². The maximum Gasteiger partial charge on any atom is 0.317 e. The molecule has 1 aromatic rings. The van der Waals surface area contributed by atoms with Gasteiger partial charge in [-0.3, -0.25) is 4.79 Å². The molecule has 0 radical (unpaired) electrons. The summed E-state index contributed by atoms with van der Waals surface area (Å²) in [5.41, 5.74) is 0.775. The number of nitrogens with one attached hydrogen (secondary N) is 2. The third kappa shape index (κ3) is 8.57. The third-order valence-electron chi connectivity index (χ3n) is 3.64. The van der Waals surface area contributed by atoms with Gasteiger partial charge in [0.25, 0.3) is 0 Å². The number of rotatable bonds is 7. The highest BCUT2D eigenvalue weighted by Crippen LogP contribution is 2.11. The Morgan fingerprint density at radius 1 is 1.08 bits per heavy atom. The maximum atomic E-state index is 12.4. The van der Waals surface area contributed by atoms with Gasteiger partial charge in [0.2, 0.25) is 5.91 Å². The number of hydrogen-bond donors (Lipinski definition) is 2. The van der Waals surface area contributed by atoms with Gasteiger partial charge in [-0.2, -0.15) is 0 Å². The highest BCUT2D eigenvalue weighted by atomic mass is 16.2. The molecule has 0 heterocycles. The minimum Gasteiger partial charge on any atom is -0.350 e. The minimum atomic E-state index is -0.295. The van der Waals surface area contributed by atoms with E-state index >= 15 is 0 Å². The first kappa shape index (κ1) is 21.0. The van der Waals surface area contributed by atoms with E-state index in [9.17, 15) is 9.59 Å². The van der Waals surface area contributed by atoms with Crippen molar-refractivity contribution in [3.05, 3.63) is 35.9 Å². The number of urea groups is 1. The zero-order valence-electron chi connectivity index (χ0n) is 16.4. The predicted molar refractivity (Wildman–Crippen MR) is 102 cm³/mol. The Labute approximate surface area is 152 Å². The van der Waals surface area contributed by atoms with Gasteiger partial charge in [-0.15, -0.1) is 0 Å². The van der Waals surface area contributed by atoms with Crippen molar-refractivity contribution in [3.8, 4) is 0 Å². The Morgan fingerprint density at radius 3 is 2.20 bits per heavy atom. The van der Waals surface area contributed by atoms with Gasteiger partial charge in [0.1, 0.15) is 0 Å². The lowest BCUT2D eigenvalue weighted by Crippen LogP contribution is -2.50. The van der Waals surface area contributed by atoms with Gasteiger partial charge >= 0.3 is 6.03 Å². The topological polar surface area (TPSA) is 61.4 Å². The molecule has 0 aliphatic rings. The molecule has 1 atom stereocenters. The number of amides is 3. The Morgan fingerprint density at radius 2 is 1.68 bits per heavy atom. The van der Waals surface area contributed by atoms with Crippen LogP contribution in [-0.2, 0) is 4.79 Å². The van der Waals surface area contributed by atoms with Crippen LogP contribution in [0.3, 0.4) is 0 Å². The van der Waals surface area contributed by atoms with E-state index in [2.05, 4.69) is 24.5 Å². The first-order chi connectivity index (χ1) is 11.6. The number of carbonyl (C=O) groups excluding carboxylic acids is 2. The van der Waals surface area contributed by atoms with Crippen LogP contribution in [0.4, 0.5) is 4.79 Å². The Kier molecular flexibility index (Phi) is 7.94. The van der Waals surface area contributed by atoms with Crippen molar-refractivity contribution in [3.63, 3.8) is 0 Å². The molecule has 1 unspecified atom stereocenters. The highest BCUT2D eigenvalue weighted by molar-refractivity contribution is 5.78. The molecular weight excluding hydrogens is 314 g/mol. The smallest absolute Gasteiger partial charge is 0.317 e. The summed E-state index contributed by atoms with van der Waals surface area (Å²) in [6, 6.07) is 9.69. The quantitative estimate of drug-likeness (QED) is 0.790. The molecule has 0 bridgehead atoms. The highest BCUT2D eigenvalue weighted by Gasteiger charge is 2.21. The van der Waals surface area contributed by atoms with Crippen molar-refractivity contribution < 1.29 is 9.59 Å². The van der Waals surface area contributed by atoms with Crippen LogP contribution in [0, 0.1) is 5.92 Å². The monoisotopic (exact) mass is 347 g/mol. The molecule has 0 fully saturated rings. The van der Waals surface area contributed by atoms with E-state index in [-0.39, 0.29) is 23.5 Å². The zero-order valence-corrected chi connectivity index (χ0v) is 16.4. The van der Waals surface area contributed by atoms with Crippen LogP contribution < -0.4 is 10.6 Å². The second-order valence-corrected chi connectivity index (χ2v) is 7.97. The molecule has 0 aromatic heterocycles. The summed E-state index contributed by atoms with van der Waals surface area (Å²) in [6.45, 7) is 13.0. The van der Waals surface area contributed by atoms with Crippen LogP contribution >= 0.6 is 0 Å². The van der Waals surface area contributed by atoms with Crippen LogP contribution in [0.25, 0.3) is 0 Å². The van der Waals surface area contributed by atoms with E-state index in [1.54, 1.807) is 4.90 Å².